The Kier molecular flexibility index (Phi) is 5.91. The quantitative estimate of drug-likeness (QED) is 0.470. The Morgan fingerprint density at radius 3 is 1.04 bits per heavy atom. The lowest BCUT2D eigenvalue weighted by Gasteiger charge is -2.02. The lowest BCUT2D eigenvalue weighted by Crippen LogP contribution is -2.04. The van der Waals surface area contributed by atoms with E-state index < -0.39 is 65.9 Å². The van der Waals surface area contributed by atoms with Gasteiger partial charge in [-0.15, -0.1) is 0 Å². The maximum atomic E-state index is 12.0. The fourth-order valence-corrected chi connectivity index (χ4v) is 2.58. The van der Waals surface area contributed by atoms with Crippen LogP contribution in [0.15, 0.2) is 36.4 Å². The zero-order chi connectivity index (χ0) is 21.0. The van der Waals surface area contributed by atoms with E-state index in [4.69, 9.17) is 29.5 Å². The maximum Gasteiger partial charge on any atom is 0.805 e. The highest BCUT2D eigenvalue weighted by molar-refractivity contribution is 7.34. The van der Waals surface area contributed by atoms with E-state index in [0.717, 1.165) is 36.4 Å². The lowest BCUT2D eigenvalue weighted by molar-refractivity contribution is 0.0676. The van der Waals surface area contributed by atoms with Crippen LogP contribution in [0.1, 0.15) is 41.4 Å². The fourth-order valence-electron chi connectivity index (χ4n) is 1.99. The Balaban J connectivity index is 2.29. The van der Waals surface area contributed by atoms with Crippen molar-refractivity contribution < 1.29 is 53.2 Å². The Morgan fingerprint density at radius 1 is 0.571 bits per heavy atom. The molecule has 0 aliphatic rings. The third kappa shape index (κ3) is 5.02. The molecule has 2 rings (SSSR count). The van der Waals surface area contributed by atoms with Crippen LogP contribution < -0.4 is 9.05 Å². The van der Waals surface area contributed by atoms with Gasteiger partial charge in [0.15, 0.2) is 11.5 Å². The van der Waals surface area contributed by atoms with Crippen molar-refractivity contribution in [1.29, 1.82) is 0 Å². The molecule has 0 unspecified atom stereocenters. The van der Waals surface area contributed by atoms with Gasteiger partial charge in [0.2, 0.25) is 0 Å². The first-order chi connectivity index (χ1) is 13.1. The van der Waals surface area contributed by atoms with Crippen LogP contribution in [-0.4, -0.2) is 44.3 Å². The predicted molar refractivity (Wildman–Crippen MR) is 89.6 cm³/mol. The van der Waals surface area contributed by atoms with Gasteiger partial charge in [-0.2, -0.15) is 0 Å². The normalized spacial score (nSPS) is 10.0. The van der Waals surface area contributed by atoms with E-state index in [1.54, 1.807) is 0 Å². The molecule has 0 saturated heterocycles. The van der Waals surface area contributed by atoms with Crippen molar-refractivity contribution in [1.82, 2.24) is 0 Å². The third-order valence-electron chi connectivity index (χ3n) is 3.16. The van der Waals surface area contributed by atoms with Crippen LogP contribution in [0.5, 0.6) is 11.5 Å². The van der Waals surface area contributed by atoms with Gasteiger partial charge in [-0.25, -0.2) is 28.2 Å². The van der Waals surface area contributed by atoms with Crippen molar-refractivity contribution in [3.63, 3.8) is 0 Å². The van der Waals surface area contributed by atoms with Crippen LogP contribution >= 0.6 is 8.25 Å². The van der Waals surface area contributed by atoms with Crippen molar-refractivity contribution in [3.05, 3.63) is 58.7 Å². The van der Waals surface area contributed by atoms with Gasteiger partial charge in [-0.05, 0) is 12.1 Å². The van der Waals surface area contributed by atoms with Crippen LogP contribution in [0.2, 0.25) is 0 Å². The SMILES string of the molecule is O=C(O)c1cc(O[P+](=O)Oc2cc(C(=O)O)cc(C(=O)O)c2)cc(C(=O)O)c1. The summed E-state index contributed by atoms with van der Waals surface area (Å²) < 4.78 is 21.8. The topological polar surface area (TPSA) is 185 Å². The minimum atomic E-state index is -3.08. The molecule has 2 aromatic carbocycles. The average Bonchev–Trinajstić information content (AvgIpc) is 2.60. The number of hydrogen-bond donors (Lipinski definition) is 4. The van der Waals surface area contributed by atoms with E-state index in [1.807, 2.05) is 0 Å². The molecule has 0 saturated carbocycles. The van der Waals surface area contributed by atoms with Crippen molar-refractivity contribution in [2.75, 3.05) is 0 Å². The molecule has 28 heavy (non-hydrogen) atoms. The summed E-state index contributed by atoms with van der Waals surface area (Å²) in [7, 11) is -3.08. The van der Waals surface area contributed by atoms with Gasteiger partial charge in [-0.3, -0.25) is 0 Å². The number of carbonyl (C=O) groups is 4. The molecule has 0 aliphatic carbocycles. The number of hydrogen-bond acceptors (Lipinski definition) is 7. The van der Waals surface area contributed by atoms with E-state index in [1.165, 1.54) is 0 Å². The first kappa shape index (κ1) is 20.3. The summed E-state index contributed by atoms with van der Waals surface area (Å²) in [6, 6.07) is 5.34. The first-order valence-corrected chi connectivity index (χ1v) is 8.23. The molecule has 0 amide bonds. The molecule has 0 bridgehead atoms. The van der Waals surface area contributed by atoms with Crippen LogP contribution in [0.4, 0.5) is 0 Å². The lowest BCUT2D eigenvalue weighted by atomic mass is 10.1. The molecule has 4 N–H and O–H groups in total. The smallest absolute Gasteiger partial charge is 0.478 e. The van der Waals surface area contributed by atoms with Gasteiger partial charge in [0.05, 0.1) is 22.3 Å². The van der Waals surface area contributed by atoms with Gasteiger partial charge in [0, 0.05) is 28.8 Å². The minimum absolute atomic E-state index is 0.397. The summed E-state index contributed by atoms with van der Waals surface area (Å²) in [6.45, 7) is 0. The summed E-state index contributed by atoms with van der Waals surface area (Å²) >= 11 is 0. The van der Waals surface area contributed by atoms with Crippen molar-refractivity contribution in [2.45, 2.75) is 0 Å². The Hall–Kier alpha value is -3.98. The Morgan fingerprint density at radius 2 is 0.821 bits per heavy atom. The van der Waals surface area contributed by atoms with Crippen LogP contribution in [0, 0.1) is 0 Å². The Bertz CT molecular complexity index is 868. The molecule has 0 heterocycles. The van der Waals surface area contributed by atoms with Gasteiger partial charge in [-0.1, -0.05) is 0 Å². The number of carboxylic acids is 4. The molecule has 11 nitrogen and oxygen atoms in total. The summed E-state index contributed by atoms with van der Waals surface area (Å²) in [4.78, 5) is 44.2. The van der Waals surface area contributed by atoms with Gasteiger partial charge in [0.1, 0.15) is 0 Å². The van der Waals surface area contributed by atoms with E-state index >= 15 is 0 Å². The molecule has 0 spiro atoms. The van der Waals surface area contributed by atoms with Gasteiger partial charge in [0.25, 0.3) is 0 Å². The second kappa shape index (κ2) is 8.14. The summed E-state index contributed by atoms with van der Waals surface area (Å²) in [6.07, 6.45) is 0. The first-order valence-electron chi connectivity index (χ1n) is 7.13. The zero-order valence-electron chi connectivity index (χ0n) is 13.6. The van der Waals surface area contributed by atoms with Crippen LogP contribution in [-0.2, 0) is 4.57 Å². The minimum Gasteiger partial charge on any atom is -0.478 e. The molecular formula is C16H10O11P+. The average molecular weight is 409 g/mol. The van der Waals surface area contributed by atoms with E-state index in [0.29, 0.717) is 0 Å². The number of aromatic carboxylic acids is 4. The van der Waals surface area contributed by atoms with Gasteiger partial charge >= 0.3 is 32.1 Å². The van der Waals surface area contributed by atoms with E-state index in [9.17, 15) is 23.7 Å². The zero-order valence-corrected chi connectivity index (χ0v) is 14.5. The molecule has 0 fully saturated rings. The van der Waals surface area contributed by atoms with Crippen molar-refractivity contribution >= 4 is 32.1 Å². The molecular weight excluding hydrogens is 399 g/mol. The van der Waals surface area contributed by atoms with E-state index in [-0.39, 0.29) is 0 Å². The van der Waals surface area contributed by atoms with Crippen LogP contribution in [0.3, 0.4) is 0 Å². The predicted octanol–water partition coefficient (Wildman–Crippen LogP) is 2.59. The van der Waals surface area contributed by atoms with Gasteiger partial charge < -0.3 is 20.4 Å². The molecule has 0 aromatic heterocycles. The summed E-state index contributed by atoms with van der Waals surface area (Å²) in [5, 5.41) is 35.9. The summed E-state index contributed by atoms with van der Waals surface area (Å²) in [5.74, 6) is -6.61. The molecule has 144 valence electrons. The second-order valence-corrected chi connectivity index (χ2v) is 5.93. The maximum absolute atomic E-state index is 12.0. The highest BCUT2D eigenvalue weighted by atomic mass is 31.1. The Labute approximate surface area is 156 Å². The van der Waals surface area contributed by atoms with Crippen LogP contribution in [0.25, 0.3) is 0 Å². The molecule has 0 aliphatic heterocycles. The molecule has 12 heteroatoms. The molecule has 2 aromatic rings. The summed E-state index contributed by atoms with van der Waals surface area (Å²) in [5.41, 5.74) is -1.78. The highest BCUT2D eigenvalue weighted by Crippen LogP contribution is 2.32. The number of carboxylic acid groups (broad SMARTS) is 4. The fraction of sp³-hybridized carbons (Fsp3) is 0. The number of benzene rings is 2. The second-order valence-electron chi connectivity index (χ2n) is 5.12. The highest BCUT2D eigenvalue weighted by Gasteiger charge is 2.27. The molecule has 0 atom stereocenters. The van der Waals surface area contributed by atoms with E-state index in [2.05, 4.69) is 0 Å². The monoisotopic (exact) mass is 409 g/mol. The van der Waals surface area contributed by atoms with Crippen molar-refractivity contribution in [3.8, 4) is 11.5 Å². The largest absolute Gasteiger partial charge is 0.805 e. The molecule has 0 radical (unpaired) electrons. The number of rotatable bonds is 8. The third-order valence-corrected chi connectivity index (χ3v) is 3.88. The standard InChI is InChI=1S/C16H9O11P/c17-13(18)7-1-8(14(19)20)4-11(3-7)26-28(25)27-12-5-9(15(21)22)2-10(6-12)16(23)24/h1-6H,(H3-,17,18,19,20,21,22,23,24)/p+1. The van der Waals surface area contributed by atoms with Crippen molar-refractivity contribution in [2.24, 2.45) is 0 Å².